The second kappa shape index (κ2) is 4.86. The van der Waals surface area contributed by atoms with Crippen molar-refractivity contribution < 1.29 is 5.11 Å². The average molecular weight is 295 g/mol. The average Bonchev–Trinajstić information content (AvgIpc) is 2.69. The zero-order valence-corrected chi connectivity index (χ0v) is 11.6. The Balaban J connectivity index is 2.00. The third kappa shape index (κ3) is 2.21. The molecule has 0 aliphatic carbocycles. The standard InChI is InChI=1S/C12H11ClN4OS/c1-6-8-10(15-5-16-12(8)19-9(6)13)17-7-3-2-4-14-11(7)18/h2-6,9H,1H3,(H,14,18)(H,15,16,17). The molecule has 19 heavy (non-hydrogen) atoms. The molecule has 98 valence electrons. The Hall–Kier alpha value is -1.53. The van der Waals surface area contributed by atoms with Gasteiger partial charge in [0.05, 0.1) is 4.71 Å². The molecule has 0 saturated carbocycles. The Kier molecular flexibility index (Phi) is 3.20. The summed E-state index contributed by atoms with van der Waals surface area (Å²) in [5.74, 6) is 0.746. The molecule has 2 unspecified atom stereocenters. The van der Waals surface area contributed by atoms with Crippen molar-refractivity contribution in [3.63, 3.8) is 0 Å². The van der Waals surface area contributed by atoms with Gasteiger partial charge in [0.25, 0.3) is 0 Å². The van der Waals surface area contributed by atoms with Crippen LogP contribution in [0.3, 0.4) is 0 Å². The predicted octanol–water partition coefficient (Wildman–Crippen LogP) is 3.09. The van der Waals surface area contributed by atoms with E-state index in [1.165, 1.54) is 24.3 Å². The van der Waals surface area contributed by atoms with Crippen molar-refractivity contribution in [1.29, 1.82) is 0 Å². The molecule has 3 rings (SSSR count). The Labute approximate surface area is 119 Å². The minimum atomic E-state index is -0.0596. The quantitative estimate of drug-likeness (QED) is 0.655. The topological polar surface area (TPSA) is 70.9 Å². The van der Waals surface area contributed by atoms with E-state index in [2.05, 4.69) is 20.3 Å². The Morgan fingerprint density at radius 3 is 3.00 bits per heavy atom. The van der Waals surface area contributed by atoms with E-state index in [1.54, 1.807) is 12.1 Å². The molecule has 1 aliphatic rings. The van der Waals surface area contributed by atoms with Gasteiger partial charge in [-0.05, 0) is 12.1 Å². The van der Waals surface area contributed by atoms with Crippen molar-refractivity contribution in [2.75, 3.05) is 5.32 Å². The van der Waals surface area contributed by atoms with Crippen LogP contribution in [0, 0.1) is 0 Å². The van der Waals surface area contributed by atoms with Crippen LogP contribution < -0.4 is 5.32 Å². The van der Waals surface area contributed by atoms with Gasteiger partial charge in [0.2, 0.25) is 5.88 Å². The number of halogens is 1. The summed E-state index contributed by atoms with van der Waals surface area (Å²) in [6, 6.07) is 3.48. The van der Waals surface area contributed by atoms with E-state index in [0.717, 1.165) is 10.6 Å². The first kappa shape index (κ1) is 12.5. The van der Waals surface area contributed by atoms with Crippen LogP contribution in [0.25, 0.3) is 0 Å². The van der Waals surface area contributed by atoms with E-state index in [9.17, 15) is 5.11 Å². The van der Waals surface area contributed by atoms with Gasteiger partial charge in [-0.1, -0.05) is 18.7 Å². The minimum Gasteiger partial charge on any atom is -0.492 e. The molecule has 3 heterocycles. The second-order valence-corrected chi connectivity index (χ2v) is 6.06. The molecule has 7 heteroatoms. The third-order valence-corrected chi connectivity index (χ3v) is 4.79. The Morgan fingerprint density at radius 2 is 2.21 bits per heavy atom. The first-order valence-corrected chi connectivity index (χ1v) is 7.05. The van der Waals surface area contributed by atoms with E-state index in [-0.39, 0.29) is 16.5 Å². The summed E-state index contributed by atoms with van der Waals surface area (Å²) in [5.41, 5.74) is 1.49. The third-order valence-electron chi connectivity index (χ3n) is 2.96. The highest BCUT2D eigenvalue weighted by molar-refractivity contribution is 8.01. The van der Waals surface area contributed by atoms with Crippen LogP contribution in [0.4, 0.5) is 11.5 Å². The fourth-order valence-corrected chi connectivity index (χ4v) is 3.40. The zero-order valence-electron chi connectivity index (χ0n) is 10.0. The predicted molar refractivity (Wildman–Crippen MR) is 75.1 cm³/mol. The van der Waals surface area contributed by atoms with Gasteiger partial charge in [-0.3, -0.25) is 0 Å². The molecule has 0 radical (unpaired) electrons. The summed E-state index contributed by atoms with van der Waals surface area (Å²) < 4.78 is -0.0465. The maximum absolute atomic E-state index is 9.69. The highest BCUT2D eigenvalue weighted by Crippen LogP contribution is 2.48. The van der Waals surface area contributed by atoms with Crippen LogP contribution in [0.1, 0.15) is 18.4 Å². The molecule has 5 nitrogen and oxygen atoms in total. The molecule has 0 saturated heterocycles. The highest BCUT2D eigenvalue weighted by Gasteiger charge is 2.32. The number of nitrogens with zero attached hydrogens (tertiary/aromatic N) is 3. The van der Waals surface area contributed by atoms with Crippen LogP contribution in [-0.4, -0.2) is 24.8 Å². The number of alkyl halides is 1. The molecule has 1 aliphatic heterocycles. The van der Waals surface area contributed by atoms with Gasteiger partial charge in [0, 0.05) is 17.7 Å². The lowest BCUT2D eigenvalue weighted by Gasteiger charge is -2.13. The zero-order chi connectivity index (χ0) is 13.4. The van der Waals surface area contributed by atoms with Crippen molar-refractivity contribution >= 4 is 34.9 Å². The molecule has 2 N–H and O–H groups in total. The number of hydrogen-bond acceptors (Lipinski definition) is 6. The fourth-order valence-electron chi connectivity index (χ4n) is 1.95. The maximum atomic E-state index is 9.69. The molecule has 0 aromatic carbocycles. The van der Waals surface area contributed by atoms with Crippen molar-refractivity contribution in [1.82, 2.24) is 15.0 Å². The van der Waals surface area contributed by atoms with E-state index in [0.29, 0.717) is 11.5 Å². The normalized spacial score (nSPS) is 21.2. The van der Waals surface area contributed by atoms with Gasteiger partial charge in [0.1, 0.15) is 22.9 Å². The van der Waals surface area contributed by atoms with Gasteiger partial charge in [-0.15, -0.1) is 11.6 Å². The van der Waals surface area contributed by atoms with Crippen LogP contribution in [-0.2, 0) is 0 Å². The molecular weight excluding hydrogens is 284 g/mol. The summed E-state index contributed by atoms with van der Waals surface area (Å²) in [5, 5.41) is 13.7. The van der Waals surface area contributed by atoms with E-state index < -0.39 is 0 Å². The highest BCUT2D eigenvalue weighted by atomic mass is 35.5. The van der Waals surface area contributed by atoms with Crippen LogP contribution >= 0.6 is 23.4 Å². The van der Waals surface area contributed by atoms with Crippen molar-refractivity contribution in [2.24, 2.45) is 0 Å². The minimum absolute atomic E-state index is 0.0465. The Morgan fingerprint density at radius 1 is 1.37 bits per heavy atom. The van der Waals surface area contributed by atoms with Gasteiger partial charge < -0.3 is 10.4 Å². The molecule has 0 bridgehead atoms. The molecule has 2 atom stereocenters. The van der Waals surface area contributed by atoms with Gasteiger partial charge in [-0.2, -0.15) is 0 Å². The van der Waals surface area contributed by atoms with E-state index >= 15 is 0 Å². The lowest BCUT2D eigenvalue weighted by Crippen LogP contribution is -2.04. The summed E-state index contributed by atoms with van der Waals surface area (Å²) in [6.45, 7) is 2.04. The number of aromatic nitrogens is 3. The number of rotatable bonds is 2. The lowest BCUT2D eigenvalue weighted by atomic mass is 10.1. The molecule has 0 amide bonds. The van der Waals surface area contributed by atoms with E-state index in [4.69, 9.17) is 11.6 Å². The molecule has 0 spiro atoms. The first-order chi connectivity index (χ1) is 9.16. The van der Waals surface area contributed by atoms with Gasteiger partial charge >= 0.3 is 0 Å². The number of nitrogens with one attached hydrogen (secondary N) is 1. The molecule has 2 aromatic heterocycles. The van der Waals surface area contributed by atoms with Gasteiger partial charge in [-0.25, -0.2) is 15.0 Å². The summed E-state index contributed by atoms with van der Waals surface area (Å²) >= 11 is 7.76. The summed E-state index contributed by atoms with van der Waals surface area (Å²) in [6.07, 6.45) is 3.02. The van der Waals surface area contributed by atoms with Crippen LogP contribution in [0.2, 0.25) is 0 Å². The van der Waals surface area contributed by atoms with Crippen molar-refractivity contribution in [2.45, 2.75) is 22.6 Å². The van der Waals surface area contributed by atoms with E-state index in [1.807, 2.05) is 6.92 Å². The number of pyridine rings is 1. The van der Waals surface area contributed by atoms with Crippen LogP contribution in [0.15, 0.2) is 29.7 Å². The monoisotopic (exact) mass is 294 g/mol. The number of anilines is 2. The van der Waals surface area contributed by atoms with Crippen molar-refractivity contribution in [3.8, 4) is 5.88 Å². The number of hydrogen-bond donors (Lipinski definition) is 2. The summed E-state index contributed by atoms with van der Waals surface area (Å²) in [4.78, 5) is 12.3. The lowest BCUT2D eigenvalue weighted by molar-refractivity contribution is 0.456. The second-order valence-electron chi connectivity index (χ2n) is 4.20. The Bertz CT molecular complexity index is 624. The number of thioether (sulfide) groups is 1. The van der Waals surface area contributed by atoms with Crippen molar-refractivity contribution in [3.05, 3.63) is 30.2 Å². The maximum Gasteiger partial charge on any atom is 0.235 e. The fraction of sp³-hybridized carbons (Fsp3) is 0.250. The summed E-state index contributed by atoms with van der Waals surface area (Å²) in [7, 11) is 0. The molecule has 2 aromatic rings. The smallest absolute Gasteiger partial charge is 0.235 e. The van der Waals surface area contributed by atoms with Gasteiger partial charge in [0.15, 0.2) is 0 Å². The molecular formula is C12H11ClN4OS. The largest absolute Gasteiger partial charge is 0.492 e. The number of aromatic hydroxyl groups is 1. The number of fused-ring (bicyclic) bond motifs is 1. The first-order valence-electron chi connectivity index (χ1n) is 5.73. The van der Waals surface area contributed by atoms with Crippen LogP contribution in [0.5, 0.6) is 5.88 Å². The SMILES string of the molecule is CC1c2c(Nc3cccnc3O)ncnc2SC1Cl. The molecule has 0 fully saturated rings.